The van der Waals surface area contributed by atoms with Gasteiger partial charge in [0.25, 0.3) is 0 Å². The van der Waals surface area contributed by atoms with Crippen LogP contribution in [0, 0.1) is 0 Å². The van der Waals surface area contributed by atoms with E-state index in [0.29, 0.717) is 31.1 Å². The molecule has 0 aliphatic carbocycles. The summed E-state index contributed by atoms with van der Waals surface area (Å²) >= 11 is 0. The predicted octanol–water partition coefficient (Wildman–Crippen LogP) is 20.1. The molecule has 7 nitrogen and oxygen atoms in total. The molecule has 74 heavy (non-hydrogen) atoms. The highest BCUT2D eigenvalue weighted by atomic mass is 16.2. The number of amides is 3. The normalized spacial score (nSPS) is 11.5. The molecule has 0 aromatic carbocycles. The summed E-state index contributed by atoms with van der Waals surface area (Å²) in [5, 5.41) is 3.20. The van der Waals surface area contributed by atoms with Gasteiger partial charge in [-0.05, 0) is 90.3 Å². The molecule has 0 aliphatic rings. The van der Waals surface area contributed by atoms with Gasteiger partial charge in [0.15, 0.2) is 0 Å². The number of nitrogens with zero attached hydrogens (tertiary/aromatic N) is 3. The minimum atomic E-state index is 0.214. The molecule has 0 aromatic heterocycles. The molecule has 0 saturated heterocycles. The Morgan fingerprint density at radius 2 is 0.459 bits per heavy atom. The second kappa shape index (κ2) is 60.6. The molecule has 0 saturated carbocycles. The van der Waals surface area contributed by atoms with E-state index in [2.05, 4.69) is 54.6 Å². The van der Waals surface area contributed by atoms with Gasteiger partial charge in [-0.1, -0.05) is 272 Å². The van der Waals surface area contributed by atoms with E-state index in [1.165, 1.54) is 225 Å². The fourth-order valence-corrected chi connectivity index (χ4v) is 10.9. The predicted molar refractivity (Wildman–Crippen MR) is 326 cm³/mol. The van der Waals surface area contributed by atoms with Crippen LogP contribution >= 0.6 is 0 Å². The third kappa shape index (κ3) is 52.4. The summed E-state index contributed by atoms with van der Waals surface area (Å²) in [6.45, 7) is 19.2. The van der Waals surface area contributed by atoms with E-state index in [1.54, 1.807) is 0 Å². The molecule has 0 radical (unpaired) electrons. The van der Waals surface area contributed by atoms with Crippen molar-refractivity contribution in [3.63, 3.8) is 0 Å². The molecular formula is C67H134N4O3. The zero-order chi connectivity index (χ0) is 53.9. The highest BCUT2D eigenvalue weighted by Crippen LogP contribution is 2.17. The first-order valence-corrected chi connectivity index (χ1v) is 34.0. The number of nitrogens with one attached hydrogen (secondary N) is 1. The number of unbranched alkanes of at least 4 members (excludes halogenated alkanes) is 40. The number of rotatable bonds is 62. The Labute approximate surface area is 464 Å². The fraction of sp³-hybridized carbons (Fsp3) is 0.955. The van der Waals surface area contributed by atoms with Gasteiger partial charge in [-0.25, -0.2) is 0 Å². The van der Waals surface area contributed by atoms with E-state index < -0.39 is 0 Å². The van der Waals surface area contributed by atoms with Gasteiger partial charge in [0.2, 0.25) is 17.7 Å². The molecule has 0 atom stereocenters. The second-order valence-electron chi connectivity index (χ2n) is 23.4. The maximum absolute atomic E-state index is 13.7. The van der Waals surface area contributed by atoms with E-state index in [-0.39, 0.29) is 5.91 Å². The summed E-state index contributed by atoms with van der Waals surface area (Å²) < 4.78 is 0. The minimum Gasteiger partial charge on any atom is -0.356 e. The molecule has 0 rings (SSSR count). The zero-order valence-electron chi connectivity index (χ0n) is 51.3. The maximum Gasteiger partial charge on any atom is 0.222 e. The fourth-order valence-electron chi connectivity index (χ4n) is 10.9. The van der Waals surface area contributed by atoms with Crippen LogP contribution in [-0.2, 0) is 14.4 Å². The van der Waals surface area contributed by atoms with E-state index in [9.17, 15) is 14.4 Å². The summed E-state index contributed by atoms with van der Waals surface area (Å²) in [7, 11) is 0. The number of carbonyl (C=O) groups is 3. The topological polar surface area (TPSA) is 73.0 Å². The third-order valence-corrected chi connectivity index (χ3v) is 16.0. The lowest BCUT2D eigenvalue weighted by molar-refractivity contribution is -0.132. The van der Waals surface area contributed by atoms with Crippen LogP contribution in [0.15, 0.2) is 0 Å². The van der Waals surface area contributed by atoms with Crippen molar-refractivity contribution in [2.75, 3.05) is 52.4 Å². The van der Waals surface area contributed by atoms with Crippen molar-refractivity contribution in [1.29, 1.82) is 0 Å². The standard InChI is InChI=1S/C67H134N4O3/c1-6-11-16-21-26-31-36-46-57-68-65(72)54-45-53-60-69(58-47-41-43-55-66(73)70(61-49-37-32-27-22-17-12-7-2)62-50-38-33-28-23-18-13-8-3)59-48-42-44-56-67(74)71(63-51-39-34-29-24-19-14-9-4)64-52-40-35-30-25-20-15-10-5/h6-64H2,1-5H3,(H,68,72). The van der Waals surface area contributed by atoms with Crippen LogP contribution in [0.5, 0.6) is 0 Å². The third-order valence-electron chi connectivity index (χ3n) is 16.0. The average molecular weight is 1040 g/mol. The molecule has 7 heteroatoms. The van der Waals surface area contributed by atoms with Gasteiger partial charge in [0, 0.05) is 52.0 Å². The Balaban J connectivity index is 5.20. The Hall–Kier alpha value is -1.63. The molecule has 0 heterocycles. The minimum absolute atomic E-state index is 0.214. The molecule has 0 unspecified atom stereocenters. The van der Waals surface area contributed by atoms with Crippen LogP contribution in [0.4, 0.5) is 0 Å². The van der Waals surface area contributed by atoms with Crippen molar-refractivity contribution < 1.29 is 14.4 Å². The Bertz CT molecular complexity index is 1040. The van der Waals surface area contributed by atoms with Crippen LogP contribution in [0.1, 0.15) is 362 Å². The van der Waals surface area contributed by atoms with Crippen molar-refractivity contribution in [1.82, 2.24) is 20.0 Å². The molecule has 3 amide bonds. The van der Waals surface area contributed by atoms with Crippen molar-refractivity contribution in [2.24, 2.45) is 0 Å². The number of hydrogen-bond acceptors (Lipinski definition) is 4. The van der Waals surface area contributed by atoms with Crippen LogP contribution in [0.2, 0.25) is 0 Å². The lowest BCUT2D eigenvalue weighted by atomic mass is 10.1. The van der Waals surface area contributed by atoms with Crippen LogP contribution < -0.4 is 5.32 Å². The molecular weight excluding hydrogens is 909 g/mol. The maximum atomic E-state index is 13.7. The summed E-state index contributed by atoms with van der Waals surface area (Å²) in [6.07, 6.45) is 62.4. The first kappa shape index (κ1) is 72.4. The molecule has 0 bridgehead atoms. The smallest absolute Gasteiger partial charge is 0.222 e. The molecule has 0 spiro atoms. The van der Waals surface area contributed by atoms with E-state index >= 15 is 0 Å². The average Bonchev–Trinajstić information content (AvgIpc) is 3.40. The molecule has 440 valence electrons. The monoisotopic (exact) mass is 1040 g/mol. The largest absolute Gasteiger partial charge is 0.356 e. The Morgan fingerprint density at radius 1 is 0.243 bits per heavy atom. The first-order valence-electron chi connectivity index (χ1n) is 34.0. The lowest BCUT2D eigenvalue weighted by Crippen LogP contribution is -2.33. The number of carbonyl (C=O) groups excluding carboxylic acids is 3. The van der Waals surface area contributed by atoms with Gasteiger partial charge in [-0.3, -0.25) is 14.4 Å². The van der Waals surface area contributed by atoms with Gasteiger partial charge >= 0.3 is 0 Å². The van der Waals surface area contributed by atoms with Crippen LogP contribution in [0.25, 0.3) is 0 Å². The number of hydrogen-bond donors (Lipinski definition) is 1. The highest BCUT2D eigenvalue weighted by molar-refractivity contribution is 5.76. The summed E-state index contributed by atoms with van der Waals surface area (Å²) in [4.78, 5) is 47.2. The van der Waals surface area contributed by atoms with Crippen molar-refractivity contribution >= 4 is 17.7 Å². The van der Waals surface area contributed by atoms with E-state index in [0.717, 1.165) is 136 Å². The quantitative estimate of drug-likeness (QED) is 0.0616. The van der Waals surface area contributed by atoms with Crippen LogP contribution in [0.3, 0.4) is 0 Å². The highest BCUT2D eigenvalue weighted by Gasteiger charge is 2.15. The Morgan fingerprint density at radius 3 is 0.757 bits per heavy atom. The van der Waals surface area contributed by atoms with E-state index in [4.69, 9.17) is 0 Å². The van der Waals surface area contributed by atoms with Gasteiger partial charge in [0.1, 0.15) is 0 Å². The van der Waals surface area contributed by atoms with Gasteiger partial charge in [0.05, 0.1) is 0 Å². The molecule has 1 N–H and O–H groups in total. The second-order valence-corrected chi connectivity index (χ2v) is 23.4. The SMILES string of the molecule is CCCCCCCCCCNC(=O)CCCCN(CCCCCC(=O)N(CCCCCCCCCC)CCCCCCCCCC)CCCCCC(=O)N(CCCCCCCCCC)CCCCCCCCCC. The van der Waals surface area contributed by atoms with Gasteiger partial charge in [-0.2, -0.15) is 0 Å². The summed E-state index contributed by atoms with van der Waals surface area (Å²) in [5.41, 5.74) is 0. The summed E-state index contributed by atoms with van der Waals surface area (Å²) in [5.74, 6) is 0.987. The van der Waals surface area contributed by atoms with Crippen molar-refractivity contribution in [3.05, 3.63) is 0 Å². The molecule has 0 aromatic rings. The first-order chi connectivity index (χ1) is 36.4. The summed E-state index contributed by atoms with van der Waals surface area (Å²) in [6, 6.07) is 0. The van der Waals surface area contributed by atoms with Gasteiger partial charge in [-0.15, -0.1) is 0 Å². The van der Waals surface area contributed by atoms with Gasteiger partial charge < -0.3 is 20.0 Å². The molecule has 0 fully saturated rings. The molecule has 0 aliphatic heterocycles. The van der Waals surface area contributed by atoms with E-state index in [1.807, 2.05) is 0 Å². The Kier molecular flexibility index (Phi) is 59.3. The zero-order valence-corrected chi connectivity index (χ0v) is 51.3. The van der Waals surface area contributed by atoms with Crippen molar-refractivity contribution in [3.8, 4) is 0 Å². The van der Waals surface area contributed by atoms with Crippen molar-refractivity contribution in [2.45, 2.75) is 362 Å². The van der Waals surface area contributed by atoms with Crippen LogP contribution in [-0.4, -0.2) is 84.8 Å². The lowest BCUT2D eigenvalue weighted by Gasteiger charge is -2.24.